The van der Waals surface area contributed by atoms with Gasteiger partial charge in [0.2, 0.25) is 0 Å². The molecule has 126 valence electrons. The summed E-state index contributed by atoms with van der Waals surface area (Å²) in [5, 5.41) is 7.11. The third-order valence-electron chi connectivity index (χ3n) is 4.60. The Hall–Kier alpha value is -2.48. The number of rotatable bonds is 4. The zero-order valence-corrected chi connectivity index (χ0v) is 13.5. The van der Waals surface area contributed by atoms with Crippen molar-refractivity contribution in [3.63, 3.8) is 0 Å². The predicted molar refractivity (Wildman–Crippen MR) is 87.6 cm³/mol. The summed E-state index contributed by atoms with van der Waals surface area (Å²) in [6.45, 7) is 3.98. The van der Waals surface area contributed by atoms with Crippen molar-refractivity contribution >= 4 is 6.03 Å². The lowest BCUT2D eigenvalue weighted by Gasteiger charge is -2.34. The molecule has 8 heteroatoms. The maximum absolute atomic E-state index is 12.4. The van der Waals surface area contributed by atoms with E-state index in [9.17, 15) is 4.79 Å². The molecule has 8 nitrogen and oxygen atoms in total. The SMILES string of the molecule is O=C(NCc1cccnc1-n1cncn1)N1CCN(C2CC2)CC1. The van der Waals surface area contributed by atoms with Gasteiger partial charge in [-0.3, -0.25) is 4.90 Å². The summed E-state index contributed by atoms with van der Waals surface area (Å²) in [5.41, 5.74) is 0.910. The molecule has 1 aliphatic carbocycles. The van der Waals surface area contributed by atoms with Crippen molar-refractivity contribution in [3.05, 3.63) is 36.5 Å². The minimum atomic E-state index is -0.0150. The Morgan fingerprint density at radius 1 is 1.25 bits per heavy atom. The van der Waals surface area contributed by atoms with Gasteiger partial charge in [-0.25, -0.2) is 19.4 Å². The van der Waals surface area contributed by atoms with Crippen LogP contribution in [-0.4, -0.2) is 67.8 Å². The molecule has 2 amide bonds. The molecule has 24 heavy (non-hydrogen) atoms. The highest BCUT2D eigenvalue weighted by Crippen LogP contribution is 2.27. The molecule has 1 saturated heterocycles. The van der Waals surface area contributed by atoms with E-state index in [-0.39, 0.29) is 6.03 Å². The van der Waals surface area contributed by atoms with Crippen molar-refractivity contribution < 1.29 is 4.79 Å². The average Bonchev–Trinajstić information content (AvgIpc) is 3.34. The van der Waals surface area contributed by atoms with Crippen LogP contribution in [0.25, 0.3) is 5.82 Å². The minimum absolute atomic E-state index is 0.0150. The number of urea groups is 1. The predicted octanol–water partition coefficient (Wildman–Crippen LogP) is 0.652. The van der Waals surface area contributed by atoms with Gasteiger partial charge in [-0.15, -0.1) is 0 Å². The first-order valence-corrected chi connectivity index (χ1v) is 8.37. The molecule has 2 fully saturated rings. The molecule has 2 aromatic heterocycles. The molecule has 0 spiro atoms. The molecule has 1 aliphatic heterocycles. The number of aromatic nitrogens is 4. The molecule has 3 heterocycles. The third-order valence-corrected chi connectivity index (χ3v) is 4.60. The second-order valence-corrected chi connectivity index (χ2v) is 6.24. The van der Waals surface area contributed by atoms with Crippen LogP contribution in [0.5, 0.6) is 0 Å². The van der Waals surface area contributed by atoms with Crippen molar-refractivity contribution in [1.29, 1.82) is 0 Å². The smallest absolute Gasteiger partial charge is 0.317 e. The van der Waals surface area contributed by atoms with Gasteiger partial charge >= 0.3 is 6.03 Å². The lowest BCUT2D eigenvalue weighted by molar-refractivity contribution is 0.134. The molecule has 0 bridgehead atoms. The normalized spacial score (nSPS) is 18.6. The number of amides is 2. The molecule has 1 saturated carbocycles. The largest absolute Gasteiger partial charge is 0.334 e. The van der Waals surface area contributed by atoms with E-state index in [1.54, 1.807) is 17.2 Å². The summed E-state index contributed by atoms with van der Waals surface area (Å²) in [6, 6.07) is 4.56. The van der Waals surface area contributed by atoms with Gasteiger partial charge in [0.1, 0.15) is 12.7 Å². The lowest BCUT2D eigenvalue weighted by atomic mass is 10.2. The molecule has 0 atom stereocenters. The van der Waals surface area contributed by atoms with Gasteiger partial charge in [0.05, 0.1) is 0 Å². The Balaban J connectivity index is 1.34. The number of carbonyl (C=O) groups excluding carboxylic acids is 1. The summed E-state index contributed by atoms with van der Waals surface area (Å²) < 4.78 is 1.61. The van der Waals surface area contributed by atoms with Crippen LogP contribution >= 0.6 is 0 Å². The fourth-order valence-electron chi connectivity index (χ4n) is 3.10. The van der Waals surface area contributed by atoms with Crippen LogP contribution < -0.4 is 5.32 Å². The van der Waals surface area contributed by atoms with Crippen LogP contribution in [0.4, 0.5) is 4.79 Å². The first-order chi connectivity index (χ1) is 11.8. The van der Waals surface area contributed by atoms with Crippen molar-refractivity contribution in [3.8, 4) is 5.82 Å². The quantitative estimate of drug-likeness (QED) is 0.892. The van der Waals surface area contributed by atoms with Gasteiger partial charge in [-0.2, -0.15) is 5.10 Å². The van der Waals surface area contributed by atoms with Crippen LogP contribution in [0.15, 0.2) is 31.0 Å². The molecular weight excluding hydrogens is 306 g/mol. The van der Waals surface area contributed by atoms with Crippen LogP contribution in [0.1, 0.15) is 18.4 Å². The first-order valence-electron chi connectivity index (χ1n) is 8.37. The van der Waals surface area contributed by atoms with E-state index in [4.69, 9.17) is 0 Å². The first kappa shape index (κ1) is 15.1. The van der Waals surface area contributed by atoms with Crippen molar-refractivity contribution in [1.82, 2.24) is 34.9 Å². The fourth-order valence-corrected chi connectivity index (χ4v) is 3.10. The number of hydrogen-bond acceptors (Lipinski definition) is 5. The lowest BCUT2D eigenvalue weighted by Crippen LogP contribution is -2.52. The minimum Gasteiger partial charge on any atom is -0.334 e. The van der Waals surface area contributed by atoms with E-state index >= 15 is 0 Å². The number of nitrogens with zero attached hydrogens (tertiary/aromatic N) is 6. The average molecular weight is 327 g/mol. The highest BCUT2D eigenvalue weighted by atomic mass is 16.2. The highest BCUT2D eigenvalue weighted by Gasteiger charge is 2.32. The Kier molecular flexibility index (Phi) is 4.12. The molecular formula is C16H21N7O. The van der Waals surface area contributed by atoms with Crippen LogP contribution in [0.3, 0.4) is 0 Å². The van der Waals surface area contributed by atoms with Crippen molar-refractivity contribution in [2.75, 3.05) is 26.2 Å². The molecule has 1 N–H and O–H groups in total. The van der Waals surface area contributed by atoms with E-state index in [2.05, 4.69) is 25.3 Å². The van der Waals surface area contributed by atoms with Crippen molar-refractivity contribution in [2.24, 2.45) is 0 Å². The third kappa shape index (κ3) is 3.23. The van der Waals surface area contributed by atoms with Gasteiger partial charge in [-0.1, -0.05) is 6.07 Å². The fraction of sp³-hybridized carbons (Fsp3) is 0.500. The summed E-state index contributed by atoms with van der Waals surface area (Å²) in [5.74, 6) is 0.689. The summed E-state index contributed by atoms with van der Waals surface area (Å²) in [4.78, 5) is 25.1. The van der Waals surface area contributed by atoms with Gasteiger partial charge in [0.25, 0.3) is 0 Å². The zero-order chi connectivity index (χ0) is 16.4. The van der Waals surface area contributed by atoms with Crippen molar-refractivity contribution in [2.45, 2.75) is 25.4 Å². The Bertz CT molecular complexity index is 690. The van der Waals surface area contributed by atoms with E-state index < -0.39 is 0 Å². The maximum Gasteiger partial charge on any atom is 0.317 e. The molecule has 0 radical (unpaired) electrons. The van der Waals surface area contributed by atoms with Crippen LogP contribution in [0.2, 0.25) is 0 Å². The molecule has 2 aromatic rings. The number of piperazine rings is 1. The summed E-state index contributed by atoms with van der Waals surface area (Å²) in [6.07, 6.45) is 7.41. The van der Waals surface area contributed by atoms with E-state index in [1.807, 2.05) is 17.0 Å². The Morgan fingerprint density at radius 2 is 2.08 bits per heavy atom. The van der Waals surface area contributed by atoms with E-state index in [1.165, 1.54) is 19.2 Å². The van der Waals surface area contributed by atoms with Crippen LogP contribution in [0, 0.1) is 0 Å². The van der Waals surface area contributed by atoms with Crippen LogP contribution in [-0.2, 0) is 6.54 Å². The zero-order valence-electron chi connectivity index (χ0n) is 13.5. The topological polar surface area (TPSA) is 79.2 Å². The second-order valence-electron chi connectivity index (χ2n) is 6.24. The monoisotopic (exact) mass is 327 g/mol. The molecule has 0 unspecified atom stereocenters. The second kappa shape index (κ2) is 6.56. The summed E-state index contributed by atoms with van der Waals surface area (Å²) in [7, 11) is 0. The van der Waals surface area contributed by atoms with Gasteiger partial charge < -0.3 is 10.2 Å². The number of nitrogens with one attached hydrogen (secondary N) is 1. The number of hydrogen-bond donors (Lipinski definition) is 1. The Morgan fingerprint density at radius 3 is 2.79 bits per heavy atom. The van der Waals surface area contributed by atoms with E-state index in [0.29, 0.717) is 12.4 Å². The van der Waals surface area contributed by atoms with Gasteiger partial charge in [0.15, 0.2) is 5.82 Å². The molecule has 2 aliphatic rings. The number of pyridine rings is 1. The van der Waals surface area contributed by atoms with E-state index in [0.717, 1.165) is 37.8 Å². The number of carbonyl (C=O) groups is 1. The molecule has 4 rings (SSSR count). The highest BCUT2D eigenvalue weighted by molar-refractivity contribution is 5.74. The standard InChI is InChI=1S/C16H21N7O/c24-16(22-8-6-21(7-9-22)14-3-4-14)19-10-13-2-1-5-18-15(13)23-12-17-11-20-23/h1-2,5,11-12,14H,3-4,6-10H2,(H,19,24). The maximum atomic E-state index is 12.4. The van der Waals surface area contributed by atoms with Gasteiger partial charge in [-0.05, 0) is 18.9 Å². The molecule has 0 aromatic carbocycles. The summed E-state index contributed by atoms with van der Waals surface area (Å²) >= 11 is 0. The Labute approximate surface area is 140 Å². The van der Waals surface area contributed by atoms with Gasteiger partial charge in [0, 0.05) is 50.5 Å².